The Morgan fingerprint density at radius 2 is 2.17 bits per heavy atom. The normalized spacial score (nSPS) is 14.2. The molecular weight excluding hydrogens is 254 g/mol. The lowest BCUT2D eigenvalue weighted by Gasteiger charge is -2.26. The summed E-state index contributed by atoms with van der Waals surface area (Å²) >= 11 is 5.97. The molecule has 1 rings (SSSR count). The van der Waals surface area contributed by atoms with Gasteiger partial charge >= 0.3 is 5.97 Å². The largest absolute Gasteiger partial charge is 0.508 e. The van der Waals surface area contributed by atoms with Crippen LogP contribution in [0.15, 0.2) is 18.2 Å². The first-order valence-corrected chi connectivity index (χ1v) is 6.23. The molecular formula is C13H18ClNO3. The zero-order chi connectivity index (χ0) is 13.8. The molecule has 1 unspecified atom stereocenters. The minimum Gasteiger partial charge on any atom is -0.508 e. The van der Waals surface area contributed by atoms with Crippen molar-refractivity contribution in [2.24, 2.45) is 0 Å². The van der Waals surface area contributed by atoms with Crippen LogP contribution in [0.1, 0.15) is 32.3 Å². The van der Waals surface area contributed by atoms with Crippen molar-refractivity contribution in [3.63, 3.8) is 0 Å². The number of phenols is 1. The molecule has 4 nitrogen and oxygen atoms in total. The van der Waals surface area contributed by atoms with E-state index >= 15 is 0 Å². The second-order valence-electron chi connectivity index (χ2n) is 4.48. The van der Waals surface area contributed by atoms with Crippen molar-refractivity contribution in [1.29, 1.82) is 0 Å². The molecule has 5 heteroatoms. The number of aromatic hydroxyl groups is 1. The van der Waals surface area contributed by atoms with E-state index in [0.29, 0.717) is 17.0 Å². The number of phenolic OH excluding ortho intramolecular Hbond substituents is 1. The molecule has 0 aliphatic heterocycles. The van der Waals surface area contributed by atoms with E-state index < -0.39 is 11.5 Å². The molecule has 0 amide bonds. The van der Waals surface area contributed by atoms with E-state index in [1.807, 2.05) is 6.92 Å². The molecule has 0 saturated heterocycles. The molecule has 18 heavy (non-hydrogen) atoms. The van der Waals surface area contributed by atoms with Gasteiger partial charge in [0.2, 0.25) is 0 Å². The van der Waals surface area contributed by atoms with Crippen molar-refractivity contribution < 1.29 is 15.0 Å². The van der Waals surface area contributed by atoms with Crippen LogP contribution < -0.4 is 5.32 Å². The van der Waals surface area contributed by atoms with Crippen molar-refractivity contribution in [2.75, 3.05) is 0 Å². The van der Waals surface area contributed by atoms with Crippen molar-refractivity contribution in [3.05, 3.63) is 28.8 Å². The fourth-order valence-corrected chi connectivity index (χ4v) is 2.01. The van der Waals surface area contributed by atoms with Crippen LogP contribution in [-0.2, 0) is 11.3 Å². The average molecular weight is 272 g/mol. The summed E-state index contributed by atoms with van der Waals surface area (Å²) in [6.07, 6.45) is 1.26. The molecule has 0 heterocycles. The summed E-state index contributed by atoms with van der Waals surface area (Å²) in [5, 5.41) is 22.3. The third kappa shape index (κ3) is 3.37. The number of hydrogen-bond acceptors (Lipinski definition) is 3. The standard InChI is InChI=1S/C13H18ClNO3/c1-3-7-13(2,12(17)18)15-8-9-10(14)5-4-6-11(9)16/h4-6,15-16H,3,7-8H2,1-2H3,(H,17,18). The maximum atomic E-state index is 11.2. The molecule has 100 valence electrons. The van der Waals surface area contributed by atoms with E-state index in [1.54, 1.807) is 19.1 Å². The number of aliphatic carboxylic acids is 1. The van der Waals surface area contributed by atoms with Gasteiger partial charge in [-0.3, -0.25) is 10.1 Å². The second-order valence-corrected chi connectivity index (χ2v) is 4.89. The molecule has 0 saturated carbocycles. The zero-order valence-corrected chi connectivity index (χ0v) is 11.3. The smallest absolute Gasteiger partial charge is 0.323 e. The van der Waals surface area contributed by atoms with E-state index in [9.17, 15) is 15.0 Å². The van der Waals surface area contributed by atoms with Crippen LogP contribution in [0, 0.1) is 0 Å². The summed E-state index contributed by atoms with van der Waals surface area (Å²) in [6.45, 7) is 3.77. The number of hydrogen-bond donors (Lipinski definition) is 3. The van der Waals surface area contributed by atoms with E-state index in [0.717, 1.165) is 6.42 Å². The summed E-state index contributed by atoms with van der Waals surface area (Å²) < 4.78 is 0. The van der Waals surface area contributed by atoms with Crippen LogP contribution in [0.2, 0.25) is 5.02 Å². The molecule has 0 radical (unpaired) electrons. The minimum atomic E-state index is -1.01. The van der Waals surface area contributed by atoms with Gasteiger partial charge in [0.25, 0.3) is 0 Å². The molecule has 1 aromatic rings. The van der Waals surface area contributed by atoms with Gasteiger partial charge < -0.3 is 10.2 Å². The van der Waals surface area contributed by atoms with Gasteiger partial charge in [0.1, 0.15) is 11.3 Å². The van der Waals surface area contributed by atoms with Crippen molar-refractivity contribution in [1.82, 2.24) is 5.32 Å². The van der Waals surface area contributed by atoms with Gasteiger partial charge in [-0.05, 0) is 25.5 Å². The van der Waals surface area contributed by atoms with E-state index in [-0.39, 0.29) is 12.3 Å². The number of rotatable bonds is 6. The lowest BCUT2D eigenvalue weighted by Crippen LogP contribution is -2.48. The predicted molar refractivity (Wildman–Crippen MR) is 70.9 cm³/mol. The number of carboxylic acid groups (broad SMARTS) is 1. The maximum absolute atomic E-state index is 11.2. The highest BCUT2D eigenvalue weighted by Crippen LogP contribution is 2.26. The van der Waals surface area contributed by atoms with Crippen molar-refractivity contribution in [2.45, 2.75) is 38.8 Å². The van der Waals surface area contributed by atoms with Crippen LogP contribution in [-0.4, -0.2) is 21.7 Å². The summed E-state index contributed by atoms with van der Waals surface area (Å²) in [4.78, 5) is 11.2. The van der Waals surface area contributed by atoms with Gasteiger partial charge in [-0.2, -0.15) is 0 Å². The summed E-state index contributed by atoms with van der Waals surface area (Å²) in [5.74, 6) is -0.838. The van der Waals surface area contributed by atoms with Gasteiger partial charge in [-0.15, -0.1) is 0 Å². The Balaban J connectivity index is 2.83. The number of nitrogens with one attached hydrogen (secondary N) is 1. The quantitative estimate of drug-likeness (QED) is 0.744. The fraction of sp³-hybridized carbons (Fsp3) is 0.462. The van der Waals surface area contributed by atoms with Gasteiger partial charge in [0, 0.05) is 17.1 Å². The lowest BCUT2D eigenvalue weighted by molar-refractivity contribution is -0.144. The SMILES string of the molecule is CCCC(C)(NCc1c(O)cccc1Cl)C(=O)O. The highest BCUT2D eigenvalue weighted by molar-refractivity contribution is 6.31. The monoisotopic (exact) mass is 271 g/mol. The van der Waals surface area contributed by atoms with E-state index in [4.69, 9.17) is 11.6 Å². The van der Waals surface area contributed by atoms with Gasteiger partial charge in [0.15, 0.2) is 0 Å². The first-order chi connectivity index (χ1) is 8.40. The average Bonchev–Trinajstić information content (AvgIpc) is 2.28. The van der Waals surface area contributed by atoms with Crippen LogP contribution in [0.3, 0.4) is 0 Å². The Bertz CT molecular complexity index is 416. The molecule has 0 aliphatic rings. The third-order valence-electron chi connectivity index (χ3n) is 2.97. The molecule has 0 aliphatic carbocycles. The van der Waals surface area contributed by atoms with Gasteiger partial charge in [-0.25, -0.2) is 0 Å². The first-order valence-electron chi connectivity index (χ1n) is 5.85. The molecule has 0 aromatic heterocycles. The first kappa shape index (κ1) is 14.8. The Morgan fingerprint density at radius 1 is 1.50 bits per heavy atom. The number of carboxylic acids is 1. The van der Waals surface area contributed by atoms with E-state index in [1.165, 1.54) is 6.07 Å². The van der Waals surface area contributed by atoms with Gasteiger partial charge in [-0.1, -0.05) is 31.0 Å². The van der Waals surface area contributed by atoms with Crippen LogP contribution in [0.25, 0.3) is 0 Å². The molecule has 0 fully saturated rings. The minimum absolute atomic E-state index is 0.0687. The molecule has 1 atom stereocenters. The highest BCUT2D eigenvalue weighted by atomic mass is 35.5. The summed E-state index contributed by atoms with van der Waals surface area (Å²) in [6, 6.07) is 4.83. The Kier molecular flexibility index (Phi) is 4.99. The zero-order valence-electron chi connectivity index (χ0n) is 10.5. The molecule has 1 aromatic carbocycles. The Morgan fingerprint density at radius 3 is 2.67 bits per heavy atom. The molecule has 3 N–H and O–H groups in total. The molecule has 0 bridgehead atoms. The van der Waals surface area contributed by atoms with Crippen LogP contribution >= 0.6 is 11.6 Å². The summed E-state index contributed by atoms with van der Waals surface area (Å²) in [5.41, 5.74) is -0.497. The Labute approximate surface area is 112 Å². The Hall–Kier alpha value is -1.26. The summed E-state index contributed by atoms with van der Waals surface area (Å²) in [7, 11) is 0. The lowest BCUT2D eigenvalue weighted by atomic mass is 9.96. The van der Waals surface area contributed by atoms with E-state index in [2.05, 4.69) is 5.32 Å². The number of halogens is 1. The maximum Gasteiger partial charge on any atom is 0.323 e. The van der Waals surface area contributed by atoms with Crippen LogP contribution in [0.4, 0.5) is 0 Å². The van der Waals surface area contributed by atoms with Crippen molar-refractivity contribution >= 4 is 17.6 Å². The molecule has 0 spiro atoms. The number of carbonyl (C=O) groups is 1. The third-order valence-corrected chi connectivity index (χ3v) is 3.33. The van der Waals surface area contributed by atoms with Gasteiger partial charge in [0.05, 0.1) is 0 Å². The topological polar surface area (TPSA) is 69.6 Å². The van der Waals surface area contributed by atoms with Crippen LogP contribution in [0.5, 0.6) is 5.75 Å². The predicted octanol–water partition coefficient (Wildman–Crippen LogP) is 2.78. The van der Waals surface area contributed by atoms with Crippen molar-refractivity contribution in [3.8, 4) is 5.75 Å². The second kappa shape index (κ2) is 6.07. The fourth-order valence-electron chi connectivity index (χ4n) is 1.78. The highest BCUT2D eigenvalue weighted by Gasteiger charge is 2.31. The number of benzene rings is 1.